The minimum atomic E-state index is -1.04. The van der Waals surface area contributed by atoms with E-state index in [1.54, 1.807) is 37.7 Å². The fourth-order valence-electron chi connectivity index (χ4n) is 2.96. The Hall–Kier alpha value is -3.15. The number of benzene rings is 1. The lowest BCUT2D eigenvalue weighted by Gasteiger charge is -2.22. The van der Waals surface area contributed by atoms with E-state index in [4.69, 9.17) is 4.74 Å². The Morgan fingerprint density at radius 1 is 1.20 bits per heavy atom. The zero-order valence-electron chi connectivity index (χ0n) is 14.4. The molecule has 1 N–H and O–H groups in total. The Morgan fingerprint density at radius 3 is 2.72 bits per heavy atom. The maximum Gasteiger partial charge on any atom is 0.412 e. The van der Waals surface area contributed by atoms with Crippen molar-refractivity contribution < 1.29 is 14.6 Å². The van der Waals surface area contributed by atoms with Crippen LogP contribution in [0, 0.1) is 13.8 Å². The first kappa shape index (κ1) is 16.7. The molecule has 0 fully saturated rings. The van der Waals surface area contributed by atoms with E-state index in [0.29, 0.717) is 11.4 Å². The van der Waals surface area contributed by atoms with Crippen molar-refractivity contribution >= 4 is 22.7 Å². The second kappa shape index (κ2) is 6.76. The van der Waals surface area contributed by atoms with E-state index in [-0.39, 0.29) is 6.54 Å². The minimum absolute atomic E-state index is 0.131. The molecule has 2 aromatic heterocycles. The molecule has 0 unspecified atom stereocenters. The predicted molar refractivity (Wildman–Crippen MR) is 96.2 cm³/mol. The number of hydrogen-bond donors (Lipinski definition) is 1. The van der Waals surface area contributed by atoms with Crippen molar-refractivity contribution in [3.05, 3.63) is 59.5 Å². The second-order valence-corrected chi connectivity index (χ2v) is 5.76. The van der Waals surface area contributed by atoms with Gasteiger partial charge in [0.25, 0.3) is 0 Å². The smallest absolute Gasteiger partial charge is 0.412 e. The molecule has 25 heavy (non-hydrogen) atoms. The third-order valence-corrected chi connectivity index (χ3v) is 4.20. The van der Waals surface area contributed by atoms with E-state index >= 15 is 0 Å². The van der Waals surface area contributed by atoms with Gasteiger partial charge in [-0.25, -0.2) is 4.79 Å². The molecule has 6 heteroatoms. The Kier molecular flexibility index (Phi) is 4.52. The van der Waals surface area contributed by atoms with Crippen molar-refractivity contribution in [3.8, 4) is 5.75 Å². The van der Waals surface area contributed by atoms with Gasteiger partial charge in [-0.05, 0) is 38.1 Å². The van der Waals surface area contributed by atoms with E-state index in [9.17, 15) is 9.90 Å². The number of rotatable bonds is 4. The number of pyridine rings is 2. The summed E-state index contributed by atoms with van der Waals surface area (Å²) < 4.78 is 5.42. The lowest BCUT2D eigenvalue weighted by atomic mass is 10.1. The van der Waals surface area contributed by atoms with Gasteiger partial charge in [0.05, 0.1) is 30.6 Å². The van der Waals surface area contributed by atoms with Gasteiger partial charge in [-0.3, -0.25) is 14.9 Å². The zero-order valence-corrected chi connectivity index (χ0v) is 14.4. The standard InChI is InChI=1S/C19H19N3O3/c1-12-10-21-16(13(2)18(12)25-3)11-22(19(23)24)17-8-4-7-15-14(17)6-5-9-20-15/h4-10H,11H2,1-3H3,(H,23,24). The summed E-state index contributed by atoms with van der Waals surface area (Å²) >= 11 is 0. The van der Waals surface area contributed by atoms with E-state index in [1.807, 2.05) is 26.0 Å². The third-order valence-electron chi connectivity index (χ3n) is 4.20. The molecule has 0 saturated heterocycles. The van der Waals surface area contributed by atoms with E-state index < -0.39 is 6.09 Å². The van der Waals surface area contributed by atoms with Gasteiger partial charge < -0.3 is 9.84 Å². The maximum absolute atomic E-state index is 11.9. The van der Waals surface area contributed by atoms with Crippen molar-refractivity contribution in [1.82, 2.24) is 9.97 Å². The molecular formula is C19H19N3O3. The predicted octanol–water partition coefficient (Wildman–Crippen LogP) is 3.94. The summed E-state index contributed by atoms with van der Waals surface area (Å²) in [5.41, 5.74) is 3.74. The van der Waals surface area contributed by atoms with Crippen LogP contribution in [0.3, 0.4) is 0 Å². The highest BCUT2D eigenvalue weighted by atomic mass is 16.5. The van der Waals surface area contributed by atoms with Crippen LogP contribution in [0.2, 0.25) is 0 Å². The third kappa shape index (κ3) is 3.10. The number of carboxylic acid groups (broad SMARTS) is 1. The van der Waals surface area contributed by atoms with Gasteiger partial charge in [-0.15, -0.1) is 0 Å². The van der Waals surface area contributed by atoms with Gasteiger partial charge >= 0.3 is 6.09 Å². The van der Waals surface area contributed by atoms with Gasteiger partial charge in [0.1, 0.15) is 5.75 Å². The molecule has 2 heterocycles. The van der Waals surface area contributed by atoms with Crippen molar-refractivity contribution in [2.45, 2.75) is 20.4 Å². The summed E-state index contributed by atoms with van der Waals surface area (Å²) in [5, 5.41) is 10.5. The summed E-state index contributed by atoms with van der Waals surface area (Å²) in [5.74, 6) is 0.731. The highest BCUT2D eigenvalue weighted by Crippen LogP contribution is 2.29. The van der Waals surface area contributed by atoms with Gasteiger partial charge in [-0.2, -0.15) is 0 Å². The molecule has 0 bridgehead atoms. The molecule has 128 valence electrons. The first-order valence-electron chi connectivity index (χ1n) is 7.86. The lowest BCUT2D eigenvalue weighted by molar-refractivity contribution is 0.201. The van der Waals surface area contributed by atoms with Crippen LogP contribution < -0.4 is 9.64 Å². The Morgan fingerprint density at radius 2 is 2.00 bits per heavy atom. The van der Waals surface area contributed by atoms with Crippen molar-refractivity contribution in [1.29, 1.82) is 0 Å². The molecule has 3 aromatic rings. The largest absolute Gasteiger partial charge is 0.496 e. The van der Waals surface area contributed by atoms with Crippen molar-refractivity contribution in [2.75, 3.05) is 12.0 Å². The summed E-state index contributed by atoms with van der Waals surface area (Å²) in [6.07, 6.45) is 2.34. The number of amides is 1. The van der Waals surface area contributed by atoms with Crippen LogP contribution in [-0.4, -0.2) is 28.3 Å². The number of aromatic nitrogens is 2. The molecule has 0 spiro atoms. The highest BCUT2D eigenvalue weighted by Gasteiger charge is 2.20. The molecule has 6 nitrogen and oxygen atoms in total. The molecule has 1 amide bonds. The lowest BCUT2D eigenvalue weighted by Crippen LogP contribution is -2.29. The summed E-state index contributed by atoms with van der Waals surface area (Å²) in [6.45, 7) is 3.93. The van der Waals surface area contributed by atoms with E-state index in [0.717, 1.165) is 27.8 Å². The molecule has 0 aliphatic heterocycles. The molecular weight excluding hydrogens is 318 g/mol. The number of fused-ring (bicyclic) bond motifs is 1. The van der Waals surface area contributed by atoms with Gasteiger partial charge in [0.2, 0.25) is 0 Å². The molecule has 0 atom stereocenters. The van der Waals surface area contributed by atoms with E-state index in [2.05, 4.69) is 9.97 Å². The topological polar surface area (TPSA) is 75.5 Å². The van der Waals surface area contributed by atoms with Crippen LogP contribution in [0.5, 0.6) is 5.75 Å². The molecule has 0 radical (unpaired) electrons. The highest BCUT2D eigenvalue weighted by molar-refractivity contribution is 5.99. The average molecular weight is 337 g/mol. The number of aryl methyl sites for hydroxylation is 1. The quantitative estimate of drug-likeness (QED) is 0.780. The van der Waals surface area contributed by atoms with Crippen LogP contribution in [0.25, 0.3) is 10.9 Å². The van der Waals surface area contributed by atoms with Crippen LogP contribution in [0.4, 0.5) is 10.5 Å². The first-order valence-corrected chi connectivity index (χ1v) is 7.86. The van der Waals surface area contributed by atoms with Crippen LogP contribution in [0.1, 0.15) is 16.8 Å². The summed E-state index contributed by atoms with van der Waals surface area (Å²) in [6, 6.07) is 9.10. The van der Waals surface area contributed by atoms with Crippen molar-refractivity contribution in [2.24, 2.45) is 0 Å². The van der Waals surface area contributed by atoms with Gasteiger partial charge in [0, 0.05) is 28.9 Å². The van der Waals surface area contributed by atoms with Gasteiger partial charge in [0.15, 0.2) is 0 Å². The number of ether oxygens (including phenoxy) is 1. The summed E-state index contributed by atoms with van der Waals surface area (Å²) in [4.78, 5) is 21.9. The Labute approximate surface area is 145 Å². The number of carbonyl (C=O) groups is 1. The van der Waals surface area contributed by atoms with Gasteiger partial charge in [-0.1, -0.05) is 6.07 Å². The van der Waals surface area contributed by atoms with Crippen LogP contribution in [0.15, 0.2) is 42.7 Å². The minimum Gasteiger partial charge on any atom is -0.496 e. The molecule has 0 aliphatic carbocycles. The van der Waals surface area contributed by atoms with E-state index in [1.165, 1.54) is 4.90 Å². The Bertz CT molecular complexity index is 935. The van der Waals surface area contributed by atoms with Crippen LogP contribution in [-0.2, 0) is 6.54 Å². The number of methoxy groups -OCH3 is 1. The fraction of sp³-hybridized carbons (Fsp3) is 0.211. The molecule has 1 aromatic carbocycles. The second-order valence-electron chi connectivity index (χ2n) is 5.76. The number of anilines is 1. The van der Waals surface area contributed by atoms with Crippen molar-refractivity contribution in [3.63, 3.8) is 0 Å². The Balaban J connectivity index is 2.08. The van der Waals surface area contributed by atoms with Crippen LogP contribution >= 0.6 is 0 Å². The molecule has 3 rings (SSSR count). The monoisotopic (exact) mass is 337 g/mol. The maximum atomic E-state index is 11.9. The zero-order chi connectivity index (χ0) is 18.0. The summed E-state index contributed by atoms with van der Waals surface area (Å²) in [7, 11) is 1.60. The number of hydrogen-bond acceptors (Lipinski definition) is 4. The first-order chi connectivity index (χ1) is 12.0. The molecule has 0 aliphatic rings. The normalized spacial score (nSPS) is 10.7. The average Bonchev–Trinajstić information content (AvgIpc) is 2.61. The SMILES string of the molecule is COc1c(C)cnc(CN(C(=O)O)c2cccc3ncccc23)c1C. The fourth-order valence-corrected chi connectivity index (χ4v) is 2.96. The number of nitrogens with zero attached hydrogens (tertiary/aromatic N) is 3. The molecule has 0 saturated carbocycles.